The molecule has 110 valence electrons. The molecule has 0 unspecified atom stereocenters. The number of hydrogen-bond acceptors (Lipinski definition) is 3. The molecule has 2 heterocycles. The van der Waals surface area contributed by atoms with Gasteiger partial charge in [-0.15, -0.1) is 0 Å². The zero-order chi connectivity index (χ0) is 15.1. The Labute approximate surface area is 128 Å². The molecule has 0 amide bonds. The smallest absolute Gasteiger partial charge is 0.160 e. The number of aromatic nitrogens is 3. The first-order valence-corrected chi connectivity index (χ1v) is 7.63. The van der Waals surface area contributed by atoms with Gasteiger partial charge < -0.3 is 10.3 Å². The Morgan fingerprint density at radius 3 is 2.59 bits per heavy atom. The van der Waals surface area contributed by atoms with Crippen LogP contribution in [-0.2, 0) is 6.54 Å². The van der Waals surface area contributed by atoms with Crippen molar-refractivity contribution in [3.05, 3.63) is 48.0 Å². The third kappa shape index (κ3) is 1.96. The largest absolute Gasteiger partial charge is 0.330 e. The highest BCUT2D eigenvalue weighted by Gasteiger charge is 2.14. The van der Waals surface area contributed by atoms with E-state index in [9.17, 15) is 0 Å². The maximum absolute atomic E-state index is 5.70. The molecule has 0 saturated heterocycles. The van der Waals surface area contributed by atoms with Crippen LogP contribution in [0.15, 0.2) is 42.5 Å². The van der Waals surface area contributed by atoms with Gasteiger partial charge in [-0.1, -0.05) is 23.8 Å². The molecule has 2 aromatic heterocycles. The number of rotatable bonds is 3. The summed E-state index contributed by atoms with van der Waals surface area (Å²) in [4.78, 5) is 9.72. The quantitative estimate of drug-likeness (QED) is 0.629. The van der Waals surface area contributed by atoms with E-state index in [4.69, 9.17) is 15.7 Å². The van der Waals surface area contributed by atoms with E-state index in [1.807, 2.05) is 24.3 Å². The summed E-state index contributed by atoms with van der Waals surface area (Å²) in [7, 11) is 0. The number of nitrogens with two attached hydrogens (primary N) is 1. The summed E-state index contributed by atoms with van der Waals surface area (Å²) in [6.45, 7) is 3.65. The van der Waals surface area contributed by atoms with Crippen molar-refractivity contribution in [2.45, 2.75) is 19.9 Å². The number of fused-ring (bicyclic) bond motifs is 4. The van der Waals surface area contributed by atoms with Gasteiger partial charge in [0.05, 0.1) is 16.6 Å². The lowest BCUT2D eigenvalue weighted by Gasteiger charge is -2.05. The number of aryl methyl sites for hydroxylation is 2. The van der Waals surface area contributed by atoms with Crippen molar-refractivity contribution in [1.29, 1.82) is 0 Å². The lowest BCUT2D eigenvalue weighted by molar-refractivity contribution is 0.683. The molecule has 0 radical (unpaired) electrons. The monoisotopic (exact) mass is 290 g/mol. The van der Waals surface area contributed by atoms with Crippen LogP contribution in [0.1, 0.15) is 12.0 Å². The lowest BCUT2D eigenvalue weighted by atomic mass is 10.1. The minimum absolute atomic E-state index is 0.675. The molecule has 0 bridgehead atoms. The number of para-hydroxylation sites is 2. The van der Waals surface area contributed by atoms with E-state index in [1.165, 1.54) is 16.5 Å². The second-order valence-electron chi connectivity index (χ2n) is 5.70. The van der Waals surface area contributed by atoms with Crippen LogP contribution in [0.4, 0.5) is 0 Å². The molecular formula is C18H18N4. The van der Waals surface area contributed by atoms with E-state index in [0.29, 0.717) is 6.54 Å². The van der Waals surface area contributed by atoms with Crippen LogP contribution in [0.25, 0.3) is 33.1 Å². The first-order chi connectivity index (χ1) is 10.8. The van der Waals surface area contributed by atoms with Crippen molar-refractivity contribution >= 4 is 33.1 Å². The molecule has 2 aromatic carbocycles. The predicted molar refractivity (Wildman–Crippen MR) is 90.9 cm³/mol. The van der Waals surface area contributed by atoms with Crippen LogP contribution in [0.5, 0.6) is 0 Å². The Balaban J connectivity index is 2.13. The molecule has 0 saturated carbocycles. The number of nitrogens with zero attached hydrogens (tertiary/aromatic N) is 3. The van der Waals surface area contributed by atoms with E-state index < -0.39 is 0 Å². The van der Waals surface area contributed by atoms with E-state index >= 15 is 0 Å². The Kier molecular flexibility index (Phi) is 3.05. The van der Waals surface area contributed by atoms with Gasteiger partial charge in [0.1, 0.15) is 5.52 Å². The van der Waals surface area contributed by atoms with Gasteiger partial charge in [-0.3, -0.25) is 0 Å². The van der Waals surface area contributed by atoms with Crippen molar-refractivity contribution in [3.8, 4) is 0 Å². The molecule has 0 fully saturated rings. The van der Waals surface area contributed by atoms with Gasteiger partial charge in [0.25, 0.3) is 0 Å². The van der Waals surface area contributed by atoms with Gasteiger partial charge in [0, 0.05) is 11.9 Å². The minimum atomic E-state index is 0.675. The third-order valence-electron chi connectivity index (χ3n) is 4.09. The van der Waals surface area contributed by atoms with Gasteiger partial charge in [0.15, 0.2) is 5.65 Å². The second-order valence-corrected chi connectivity index (χ2v) is 5.70. The molecule has 22 heavy (non-hydrogen) atoms. The second kappa shape index (κ2) is 5.07. The first kappa shape index (κ1) is 13.2. The zero-order valence-electron chi connectivity index (χ0n) is 12.6. The third-order valence-corrected chi connectivity index (χ3v) is 4.09. The van der Waals surface area contributed by atoms with E-state index in [0.717, 1.165) is 35.2 Å². The van der Waals surface area contributed by atoms with Gasteiger partial charge in [-0.25, -0.2) is 9.97 Å². The van der Waals surface area contributed by atoms with E-state index in [2.05, 4.69) is 29.7 Å². The molecule has 4 nitrogen and oxygen atoms in total. The van der Waals surface area contributed by atoms with E-state index in [1.54, 1.807) is 0 Å². The number of benzene rings is 2. The van der Waals surface area contributed by atoms with Crippen LogP contribution in [-0.4, -0.2) is 21.1 Å². The summed E-state index contributed by atoms with van der Waals surface area (Å²) >= 11 is 0. The highest BCUT2D eigenvalue weighted by atomic mass is 15.1. The molecule has 0 atom stereocenters. The number of hydrogen-bond donors (Lipinski definition) is 1. The van der Waals surface area contributed by atoms with Crippen LogP contribution in [0, 0.1) is 6.92 Å². The highest BCUT2D eigenvalue weighted by molar-refractivity contribution is 6.06. The summed E-state index contributed by atoms with van der Waals surface area (Å²) < 4.78 is 2.25. The van der Waals surface area contributed by atoms with Crippen molar-refractivity contribution < 1.29 is 0 Å². The molecule has 0 spiro atoms. The molecule has 4 aromatic rings. The molecular weight excluding hydrogens is 272 g/mol. The fourth-order valence-electron chi connectivity index (χ4n) is 3.02. The van der Waals surface area contributed by atoms with Gasteiger partial charge >= 0.3 is 0 Å². The maximum Gasteiger partial charge on any atom is 0.160 e. The fraction of sp³-hybridized carbons (Fsp3) is 0.222. The maximum atomic E-state index is 5.70. The molecule has 0 aliphatic rings. The van der Waals surface area contributed by atoms with Crippen molar-refractivity contribution in [1.82, 2.24) is 14.5 Å². The summed E-state index contributed by atoms with van der Waals surface area (Å²) in [6.07, 6.45) is 0.932. The van der Waals surface area contributed by atoms with Gasteiger partial charge in [-0.05, 0) is 44.2 Å². The summed E-state index contributed by atoms with van der Waals surface area (Å²) in [5, 5.41) is 1.17. The Morgan fingerprint density at radius 2 is 1.82 bits per heavy atom. The van der Waals surface area contributed by atoms with Crippen LogP contribution >= 0.6 is 0 Å². The average Bonchev–Trinajstić information content (AvgIpc) is 2.83. The predicted octanol–water partition coefficient (Wildman–Crippen LogP) is 3.39. The standard InChI is InChI=1S/C18H18N4/c1-12-7-8-16-13(11-12)17-18(22(16)10-4-9-19)21-15-6-3-2-5-14(15)20-17/h2-3,5-8,11H,4,9-10,19H2,1H3. The lowest BCUT2D eigenvalue weighted by Crippen LogP contribution is -2.06. The minimum Gasteiger partial charge on any atom is -0.330 e. The molecule has 2 N–H and O–H groups in total. The first-order valence-electron chi connectivity index (χ1n) is 7.63. The average molecular weight is 290 g/mol. The summed E-state index contributed by atoms with van der Waals surface area (Å²) in [5.74, 6) is 0. The van der Waals surface area contributed by atoms with Gasteiger partial charge in [0.2, 0.25) is 0 Å². The zero-order valence-corrected chi connectivity index (χ0v) is 12.6. The van der Waals surface area contributed by atoms with Crippen LogP contribution in [0.2, 0.25) is 0 Å². The molecule has 4 heteroatoms. The SMILES string of the molecule is Cc1ccc2c(c1)c1nc3ccccc3nc1n2CCCN. The van der Waals surface area contributed by atoms with Crippen molar-refractivity contribution in [2.24, 2.45) is 5.73 Å². The fourth-order valence-corrected chi connectivity index (χ4v) is 3.02. The van der Waals surface area contributed by atoms with Crippen molar-refractivity contribution in [2.75, 3.05) is 6.54 Å². The normalized spacial score (nSPS) is 11.7. The summed E-state index contributed by atoms with van der Waals surface area (Å²) in [5.41, 5.74) is 11.9. The van der Waals surface area contributed by atoms with Crippen LogP contribution < -0.4 is 5.73 Å². The Hall–Kier alpha value is -2.46. The Morgan fingerprint density at radius 1 is 1.05 bits per heavy atom. The van der Waals surface area contributed by atoms with Crippen LogP contribution in [0.3, 0.4) is 0 Å². The topological polar surface area (TPSA) is 56.7 Å². The molecule has 0 aliphatic carbocycles. The molecule has 0 aliphatic heterocycles. The summed E-state index contributed by atoms with van der Waals surface area (Å²) in [6, 6.07) is 14.5. The van der Waals surface area contributed by atoms with Crippen molar-refractivity contribution in [3.63, 3.8) is 0 Å². The Bertz CT molecular complexity index is 985. The highest BCUT2D eigenvalue weighted by Crippen LogP contribution is 2.29. The van der Waals surface area contributed by atoms with E-state index in [-0.39, 0.29) is 0 Å². The van der Waals surface area contributed by atoms with Gasteiger partial charge in [-0.2, -0.15) is 0 Å². The molecule has 4 rings (SSSR count).